The monoisotopic (exact) mass is 1300 g/mol. The zero-order chi connectivity index (χ0) is 66.1. The molecule has 0 bridgehead atoms. The summed E-state index contributed by atoms with van der Waals surface area (Å²) in [5.74, 6) is -0.287. The Hall–Kier alpha value is -1.99. The highest BCUT2D eigenvalue weighted by Gasteiger charge is 2.53. The average molecular weight is 1300 g/mol. The first-order chi connectivity index (χ1) is 44.3. The molecule has 1 amide bonds. The smallest absolute Gasteiger partial charge is 0.220 e. The molecule has 3 rings (SSSR count). The molecule has 17 atom stereocenters. The number of carbonyl (C=O) groups excluding carboxylic acids is 1. The second kappa shape index (κ2) is 54.1. The number of hydrogen-bond acceptors (Lipinski definition) is 18. The molecule has 19 nitrogen and oxygen atoms in total. The van der Waals surface area contributed by atoms with Crippen molar-refractivity contribution in [1.82, 2.24) is 5.32 Å². The largest absolute Gasteiger partial charge is 0.394 e. The van der Waals surface area contributed by atoms with E-state index in [9.17, 15) is 61.0 Å². The number of nitrogens with one attached hydrogen (secondary N) is 1. The summed E-state index contributed by atoms with van der Waals surface area (Å²) in [6, 6.07) is -0.992. The summed E-state index contributed by atoms with van der Waals surface area (Å²) in [5, 5.41) is 121. The maximum Gasteiger partial charge on any atom is 0.220 e. The Kier molecular flexibility index (Phi) is 49.5. The topological polar surface area (TPSA) is 307 Å². The van der Waals surface area contributed by atoms with Crippen LogP contribution in [-0.2, 0) is 33.2 Å². The molecule has 3 aliphatic heterocycles. The summed E-state index contributed by atoms with van der Waals surface area (Å²) >= 11 is 0. The first-order valence-electron chi connectivity index (χ1n) is 36.7. The Morgan fingerprint density at radius 1 is 0.385 bits per heavy atom. The zero-order valence-corrected chi connectivity index (χ0v) is 56.6. The van der Waals surface area contributed by atoms with Crippen LogP contribution in [0.15, 0.2) is 36.5 Å². The zero-order valence-electron chi connectivity index (χ0n) is 56.6. The van der Waals surface area contributed by atoms with Gasteiger partial charge in [-0.1, -0.05) is 256 Å². The molecular weight excluding hydrogens is 1170 g/mol. The molecule has 12 N–H and O–H groups in total. The van der Waals surface area contributed by atoms with Gasteiger partial charge in [-0.15, -0.1) is 0 Å². The third kappa shape index (κ3) is 35.7. The lowest BCUT2D eigenvalue weighted by Gasteiger charge is -2.48. The third-order valence-electron chi connectivity index (χ3n) is 18.4. The van der Waals surface area contributed by atoms with Crippen LogP contribution in [0.1, 0.15) is 284 Å². The van der Waals surface area contributed by atoms with Gasteiger partial charge in [0.1, 0.15) is 73.2 Å². The van der Waals surface area contributed by atoms with Crippen molar-refractivity contribution in [1.29, 1.82) is 0 Å². The lowest BCUT2D eigenvalue weighted by molar-refractivity contribution is -0.379. The van der Waals surface area contributed by atoms with E-state index in [-0.39, 0.29) is 18.9 Å². The molecule has 19 heteroatoms. The van der Waals surface area contributed by atoms with Gasteiger partial charge in [0, 0.05) is 6.42 Å². The van der Waals surface area contributed by atoms with Gasteiger partial charge in [0.2, 0.25) is 5.91 Å². The van der Waals surface area contributed by atoms with Crippen molar-refractivity contribution in [2.75, 3.05) is 26.4 Å². The Labute approximate surface area is 549 Å². The highest BCUT2D eigenvalue weighted by Crippen LogP contribution is 2.33. The van der Waals surface area contributed by atoms with Crippen LogP contribution in [0, 0.1) is 0 Å². The van der Waals surface area contributed by atoms with Crippen LogP contribution in [0.25, 0.3) is 0 Å². The number of allylic oxidation sites excluding steroid dienone is 5. The predicted octanol–water partition coefficient (Wildman–Crippen LogP) is 10.4. The van der Waals surface area contributed by atoms with E-state index in [4.69, 9.17) is 28.4 Å². The summed E-state index contributed by atoms with van der Waals surface area (Å²) in [7, 11) is 0. The molecule has 0 saturated carbocycles. The lowest BCUT2D eigenvalue weighted by atomic mass is 9.96. The number of aliphatic hydroxyl groups excluding tert-OH is 11. The van der Waals surface area contributed by atoms with Gasteiger partial charge in [0.15, 0.2) is 18.9 Å². The van der Waals surface area contributed by atoms with Gasteiger partial charge in [-0.2, -0.15) is 0 Å². The third-order valence-corrected chi connectivity index (χ3v) is 18.4. The van der Waals surface area contributed by atoms with Gasteiger partial charge in [0.25, 0.3) is 0 Å². The first-order valence-corrected chi connectivity index (χ1v) is 36.7. The molecule has 0 spiro atoms. The Bertz CT molecular complexity index is 1790. The van der Waals surface area contributed by atoms with Crippen LogP contribution in [0.2, 0.25) is 0 Å². The molecule has 3 fully saturated rings. The van der Waals surface area contributed by atoms with Crippen molar-refractivity contribution in [2.45, 2.75) is 388 Å². The second-order valence-electron chi connectivity index (χ2n) is 26.4. The SMILES string of the molecule is CCCCCCCCC/C=C\CCCCCCCCCC(=O)NC(COC1OC(CO)C(OC2OC(CO)C(OC3OC(CO)C(O)C(O)C3O)C(O)C2O)C(O)C1O)C(O)/C=C/CC/C=C/CCCCCCCCCCCCCCCCCCCCCCCC. The van der Waals surface area contributed by atoms with Crippen molar-refractivity contribution in [3.05, 3.63) is 36.5 Å². The van der Waals surface area contributed by atoms with E-state index in [1.165, 1.54) is 199 Å². The number of hydrogen-bond donors (Lipinski definition) is 12. The van der Waals surface area contributed by atoms with E-state index in [1.54, 1.807) is 6.08 Å². The van der Waals surface area contributed by atoms with Gasteiger partial charge in [-0.25, -0.2) is 0 Å². The maximum absolute atomic E-state index is 13.4. The van der Waals surface area contributed by atoms with E-state index >= 15 is 0 Å². The number of ether oxygens (including phenoxy) is 6. The van der Waals surface area contributed by atoms with Gasteiger partial charge in [-0.3, -0.25) is 4.79 Å². The normalized spacial score (nSPS) is 28.0. The number of aliphatic hydroxyl groups is 11. The average Bonchev–Trinajstić information content (AvgIpc) is 0.844. The Morgan fingerprint density at radius 2 is 0.703 bits per heavy atom. The van der Waals surface area contributed by atoms with Crippen molar-refractivity contribution in [3.8, 4) is 0 Å². The van der Waals surface area contributed by atoms with E-state index in [2.05, 4.69) is 43.5 Å². The Morgan fingerprint density at radius 3 is 1.10 bits per heavy atom. The van der Waals surface area contributed by atoms with E-state index in [0.29, 0.717) is 12.8 Å². The van der Waals surface area contributed by atoms with Crippen LogP contribution in [0.3, 0.4) is 0 Å². The predicted molar refractivity (Wildman–Crippen MR) is 356 cm³/mol. The van der Waals surface area contributed by atoms with E-state index in [1.807, 2.05) is 6.08 Å². The van der Waals surface area contributed by atoms with Crippen LogP contribution in [-0.4, -0.2) is 193 Å². The van der Waals surface area contributed by atoms with Crippen LogP contribution in [0.5, 0.6) is 0 Å². The number of unbranched alkanes of at least 4 members (excludes halogenated alkanes) is 37. The molecule has 0 aromatic rings. The molecule has 91 heavy (non-hydrogen) atoms. The van der Waals surface area contributed by atoms with Gasteiger partial charge in [0.05, 0.1) is 38.6 Å². The van der Waals surface area contributed by atoms with Crippen LogP contribution in [0.4, 0.5) is 0 Å². The fraction of sp³-hybridized carbons (Fsp3) is 0.903. The highest BCUT2D eigenvalue weighted by atomic mass is 16.8. The molecule has 0 aromatic carbocycles. The fourth-order valence-electron chi connectivity index (χ4n) is 12.4. The van der Waals surface area contributed by atoms with Crippen molar-refractivity contribution < 1.29 is 89.4 Å². The molecule has 3 heterocycles. The van der Waals surface area contributed by atoms with Crippen molar-refractivity contribution in [3.63, 3.8) is 0 Å². The summed E-state index contributed by atoms with van der Waals surface area (Å²) < 4.78 is 34.4. The van der Waals surface area contributed by atoms with Gasteiger partial charge < -0.3 is 89.9 Å². The summed E-state index contributed by atoms with van der Waals surface area (Å²) in [6.07, 6.45) is 37.0. The summed E-state index contributed by atoms with van der Waals surface area (Å²) in [4.78, 5) is 13.4. The summed E-state index contributed by atoms with van der Waals surface area (Å²) in [5.41, 5.74) is 0. The van der Waals surface area contributed by atoms with Crippen LogP contribution >= 0.6 is 0 Å². The molecular formula is C72H133NO18. The van der Waals surface area contributed by atoms with Gasteiger partial charge >= 0.3 is 0 Å². The molecule has 17 unspecified atom stereocenters. The van der Waals surface area contributed by atoms with Crippen LogP contribution < -0.4 is 5.32 Å². The molecule has 534 valence electrons. The van der Waals surface area contributed by atoms with Crippen molar-refractivity contribution in [2.24, 2.45) is 0 Å². The number of rotatable bonds is 57. The standard InChI is InChI=1S/C72H133NO18/c1-3-5-7-9-11-13-15-17-19-21-23-24-25-26-27-28-29-30-31-32-33-35-37-39-41-43-45-47-49-56(77)55(73-60(78)50-48-46-44-42-40-38-36-34-22-20-18-16-14-12-10-8-6-4-2)54-86-70-66(84)63(81)68(58(52-75)88-70)91-72-67(85)64(82)69(59(53-76)89-72)90-71-65(83)62(80)61(79)57(51-74)87-71/h20,22,39,41,47,49,55-59,61-72,74-77,79-85H,3-19,21,23-38,40,42-46,48,50-54H2,1-2H3,(H,73,78)/b22-20-,41-39+,49-47+. The minimum absolute atomic E-state index is 0.231. The highest BCUT2D eigenvalue weighted by molar-refractivity contribution is 5.76. The molecule has 3 saturated heterocycles. The van der Waals surface area contributed by atoms with E-state index in [0.717, 1.165) is 51.4 Å². The molecule has 0 radical (unpaired) electrons. The maximum atomic E-state index is 13.4. The first kappa shape index (κ1) is 83.2. The van der Waals surface area contributed by atoms with E-state index < -0.39 is 124 Å². The number of carbonyl (C=O) groups is 1. The lowest BCUT2D eigenvalue weighted by Crippen LogP contribution is -2.66. The molecule has 0 aliphatic carbocycles. The number of amides is 1. The quantitative estimate of drug-likeness (QED) is 0.0199. The van der Waals surface area contributed by atoms with Crippen molar-refractivity contribution >= 4 is 5.91 Å². The molecule has 3 aliphatic rings. The fourth-order valence-corrected chi connectivity index (χ4v) is 12.4. The minimum atomic E-state index is -1.98. The Balaban J connectivity index is 1.42. The summed E-state index contributed by atoms with van der Waals surface area (Å²) in [6.45, 7) is 1.74. The molecule has 0 aromatic heterocycles. The minimum Gasteiger partial charge on any atom is -0.394 e. The van der Waals surface area contributed by atoms with Gasteiger partial charge in [-0.05, 0) is 57.8 Å². The second-order valence-corrected chi connectivity index (χ2v) is 26.4.